The lowest BCUT2D eigenvalue weighted by molar-refractivity contribution is -0.120. The van der Waals surface area contributed by atoms with E-state index in [-0.39, 0.29) is 24.5 Å². The van der Waals surface area contributed by atoms with Gasteiger partial charge in [0.1, 0.15) is 12.4 Å². The van der Waals surface area contributed by atoms with Gasteiger partial charge in [-0.1, -0.05) is 18.2 Å². The molecule has 0 spiro atoms. The number of carbonyl (C=O) groups is 1. The normalized spacial score (nSPS) is 11.9. The molecule has 0 aliphatic carbocycles. The van der Waals surface area contributed by atoms with Crippen LogP contribution in [0.1, 0.15) is 6.42 Å². The second-order valence-electron chi connectivity index (χ2n) is 6.03. The van der Waals surface area contributed by atoms with Crippen LogP contribution < -0.4 is 15.2 Å². The Labute approximate surface area is 150 Å². The molecule has 6 nitrogen and oxygen atoms in total. The summed E-state index contributed by atoms with van der Waals surface area (Å²) in [6.45, 7) is 0.00320. The molecular formula is C20H20N2O4. The Morgan fingerprint density at radius 2 is 1.92 bits per heavy atom. The molecule has 1 heterocycles. The quantitative estimate of drug-likeness (QED) is 0.713. The lowest BCUT2D eigenvalue weighted by Crippen LogP contribution is -2.31. The van der Waals surface area contributed by atoms with Gasteiger partial charge in [-0.2, -0.15) is 0 Å². The number of aliphatic hydroxyl groups excluding tert-OH is 1. The summed E-state index contributed by atoms with van der Waals surface area (Å²) in [4.78, 5) is 27.8. The van der Waals surface area contributed by atoms with Gasteiger partial charge in [0.05, 0.1) is 12.5 Å². The van der Waals surface area contributed by atoms with Crippen LogP contribution in [-0.2, 0) is 4.79 Å². The van der Waals surface area contributed by atoms with E-state index in [2.05, 4.69) is 4.98 Å². The molecule has 1 amide bonds. The average Bonchev–Trinajstić information content (AvgIpc) is 2.66. The lowest BCUT2D eigenvalue weighted by atomic mass is 10.2. The molecule has 2 aromatic carbocycles. The van der Waals surface area contributed by atoms with E-state index in [0.717, 1.165) is 11.1 Å². The van der Waals surface area contributed by atoms with E-state index in [1.807, 2.05) is 30.3 Å². The van der Waals surface area contributed by atoms with Gasteiger partial charge in [-0.3, -0.25) is 9.59 Å². The van der Waals surface area contributed by atoms with Crippen LogP contribution in [0.2, 0.25) is 0 Å². The highest BCUT2D eigenvalue weighted by molar-refractivity contribution is 5.93. The number of benzene rings is 2. The van der Waals surface area contributed by atoms with Crippen LogP contribution in [0.25, 0.3) is 10.9 Å². The van der Waals surface area contributed by atoms with Crippen molar-refractivity contribution in [3.63, 3.8) is 0 Å². The molecule has 0 saturated heterocycles. The molecule has 1 unspecified atom stereocenters. The van der Waals surface area contributed by atoms with E-state index < -0.39 is 6.10 Å². The maximum absolute atomic E-state index is 12.2. The zero-order valence-corrected chi connectivity index (χ0v) is 14.4. The maximum Gasteiger partial charge on any atom is 0.248 e. The van der Waals surface area contributed by atoms with Gasteiger partial charge in [-0.25, -0.2) is 0 Å². The number of H-pyrrole nitrogens is 1. The summed E-state index contributed by atoms with van der Waals surface area (Å²) in [5.74, 6) is 0.371. The van der Waals surface area contributed by atoms with E-state index >= 15 is 0 Å². The molecule has 3 rings (SSSR count). The fourth-order valence-corrected chi connectivity index (χ4v) is 2.61. The fourth-order valence-electron chi connectivity index (χ4n) is 2.61. The SMILES string of the molecule is CN(C(=O)CC(O)COc1ccc2[nH]c(=O)ccc2c1)c1ccccc1. The monoisotopic (exact) mass is 352 g/mol. The van der Waals surface area contributed by atoms with Crippen molar-refractivity contribution in [1.82, 2.24) is 4.98 Å². The minimum atomic E-state index is -0.917. The first-order valence-corrected chi connectivity index (χ1v) is 8.28. The van der Waals surface area contributed by atoms with Crippen LogP contribution in [0.15, 0.2) is 65.5 Å². The van der Waals surface area contributed by atoms with Crippen LogP contribution in [0.3, 0.4) is 0 Å². The Bertz CT molecular complexity index is 953. The van der Waals surface area contributed by atoms with Crippen molar-refractivity contribution in [2.45, 2.75) is 12.5 Å². The predicted octanol–water partition coefficient (Wildman–Crippen LogP) is 2.32. The lowest BCUT2D eigenvalue weighted by Gasteiger charge is -2.19. The number of hydrogen-bond donors (Lipinski definition) is 2. The highest BCUT2D eigenvalue weighted by Gasteiger charge is 2.16. The molecule has 0 saturated carbocycles. The summed E-state index contributed by atoms with van der Waals surface area (Å²) in [6, 6.07) is 17.6. The standard InChI is InChI=1S/C20H20N2O4/c1-22(15-5-3-2-4-6-15)20(25)12-16(23)13-26-17-8-9-18-14(11-17)7-10-19(24)21-18/h2-11,16,23H,12-13H2,1H3,(H,21,24). The van der Waals surface area contributed by atoms with Crippen molar-refractivity contribution < 1.29 is 14.6 Å². The Balaban J connectivity index is 1.57. The largest absolute Gasteiger partial charge is 0.491 e. The predicted molar refractivity (Wildman–Crippen MR) is 101 cm³/mol. The van der Waals surface area contributed by atoms with Gasteiger partial charge in [-0.15, -0.1) is 0 Å². The highest BCUT2D eigenvalue weighted by atomic mass is 16.5. The number of para-hydroxylation sites is 1. The van der Waals surface area contributed by atoms with Crippen LogP contribution in [-0.4, -0.2) is 35.8 Å². The number of amides is 1. The number of aromatic amines is 1. The summed E-state index contributed by atoms with van der Waals surface area (Å²) in [5.41, 5.74) is 1.32. The van der Waals surface area contributed by atoms with Gasteiger partial charge in [-0.05, 0) is 36.4 Å². The Hall–Kier alpha value is -3.12. The first-order valence-electron chi connectivity index (χ1n) is 8.28. The Morgan fingerprint density at radius 1 is 1.15 bits per heavy atom. The van der Waals surface area contributed by atoms with Gasteiger partial charge in [0.15, 0.2) is 0 Å². The van der Waals surface area contributed by atoms with Crippen molar-refractivity contribution in [3.05, 3.63) is 71.0 Å². The second kappa shape index (κ2) is 7.84. The number of hydrogen-bond acceptors (Lipinski definition) is 4. The Morgan fingerprint density at radius 3 is 2.69 bits per heavy atom. The molecule has 1 atom stereocenters. The van der Waals surface area contributed by atoms with Crippen molar-refractivity contribution in [2.24, 2.45) is 0 Å². The number of ether oxygens (including phenoxy) is 1. The average molecular weight is 352 g/mol. The topological polar surface area (TPSA) is 82.6 Å². The maximum atomic E-state index is 12.2. The third-order valence-corrected chi connectivity index (χ3v) is 4.07. The molecule has 3 aromatic rings. The summed E-state index contributed by atoms with van der Waals surface area (Å²) >= 11 is 0. The minimum absolute atomic E-state index is 0.00320. The number of anilines is 1. The smallest absolute Gasteiger partial charge is 0.248 e. The van der Waals surface area contributed by atoms with Crippen molar-refractivity contribution in [3.8, 4) is 5.75 Å². The van der Waals surface area contributed by atoms with Crippen molar-refractivity contribution in [1.29, 1.82) is 0 Å². The number of aromatic nitrogens is 1. The first-order chi connectivity index (χ1) is 12.5. The minimum Gasteiger partial charge on any atom is -0.491 e. The molecule has 26 heavy (non-hydrogen) atoms. The Kier molecular flexibility index (Phi) is 5.34. The van der Waals surface area contributed by atoms with Gasteiger partial charge >= 0.3 is 0 Å². The molecule has 2 N–H and O–H groups in total. The zero-order valence-electron chi connectivity index (χ0n) is 14.4. The summed E-state index contributed by atoms with van der Waals surface area (Å²) < 4.78 is 5.58. The third kappa shape index (κ3) is 4.29. The molecular weight excluding hydrogens is 332 g/mol. The first kappa shape index (κ1) is 17.7. The molecule has 0 aliphatic rings. The number of nitrogens with one attached hydrogen (secondary N) is 1. The van der Waals surface area contributed by atoms with Crippen LogP contribution in [0.5, 0.6) is 5.75 Å². The highest BCUT2D eigenvalue weighted by Crippen LogP contribution is 2.19. The zero-order chi connectivity index (χ0) is 18.5. The number of carbonyl (C=O) groups excluding carboxylic acids is 1. The van der Waals surface area contributed by atoms with Crippen LogP contribution >= 0.6 is 0 Å². The summed E-state index contributed by atoms with van der Waals surface area (Å²) in [5, 5.41) is 10.9. The molecule has 6 heteroatoms. The summed E-state index contributed by atoms with van der Waals surface area (Å²) in [6.07, 6.45) is -0.952. The van der Waals surface area contributed by atoms with E-state index in [1.165, 1.54) is 11.0 Å². The third-order valence-electron chi connectivity index (χ3n) is 4.07. The van der Waals surface area contributed by atoms with Crippen LogP contribution in [0.4, 0.5) is 5.69 Å². The number of rotatable bonds is 6. The van der Waals surface area contributed by atoms with Crippen molar-refractivity contribution >= 4 is 22.5 Å². The molecule has 1 aromatic heterocycles. The van der Waals surface area contributed by atoms with Gasteiger partial charge in [0.2, 0.25) is 11.5 Å². The van der Waals surface area contributed by atoms with Gasteiger partial charge in [0, 0.05) is 29.7 Å². The van der Waals surface area contributed by atoms with Crippen molar-refractivity contribution in [2.75, 3.05) is 18.6 Å². The van der Waals surface area contributed by atoms with Crippen LogP contribution in [0, 0.1) is 0 Å². The molecule has 0 aliphatic heterocycles. The number of aliphatic hydroxyl groups is 1. The second-order valence-corrected chi connectivity index (χ2v) is 6.03. The molecule has 0 radical (unpaired) electrons. The number of pyridine rings is 1. The van der Waals surface area contributed by atoms with Gasteiger partial charge in [0.25, 0.3) is 0 Å². The van der Waals surface area contributed by atoms with E-state index in [1.54, 1.807) is 31.3 Å². The van der Waals surface area contributed by atoms with E-state index in [4.69, 9.17) is 4.74 Å². The molecule has 0 fully saturated rings. The van der Waals surface area contributed by atoms with Gasteiger partial charge < -0.3 is 19.7 Å². The molecule has 0 bridgehead atoms. The van der Waals surface area contributed by atoms with E-state index in [0.29, 0.717) is 11.3 Å². The number of fused-ring (bicyclic) bond motifs is 1. The van der Waals surface area contributed by atoms with E-state index in [9.17, 15) is 14.7 Å². The molecule has 134 valence electrons. The summed E-state index contributed by atoms with van der Waals surface area (Å²) in [7, 11) is 1.68. The fraction of sp³-hybridized carbons (Fsp3) is 0.200. The number of nitrogens with zero attached hydrogens (tertiary/aromatic N) is 1.